The second-order valence-electron chi connectivity index (χ2n) is 6.67. The van der Waals surface area contributed by atoms with E-state index in [-0.39, 0.29) is 0 Å². The van der Waals surface area contributed by atoms with Gasteiger partial charge in [-0.25, -0.2) is 0 Å². The van der Waals surface area contributed by atoms with Gasteiger partial charge in [0.1, 0.15) is 6.07 Å². The topological polar surface area (TPSA) is 39.1 Å². The molecule has 114 valence electrons. The summed E-state index contributed by atoms with van der Waals surface area (Å²) in [6.45, 7) is 7.31. The molecule has 2 rings (SSSR count). The summed E-state index contributed by atoms with van der Waals surface area (Å²) in [4.78, 5) is 2.24. The van der Waals surface area contributed by atoms with Crippen LogP contribution in [0.15, 0.2) is 18.2 Å². The van der Waals surface area contributed by atoms with E-state index in [9.17, 15) is 5.26 Å². The number of benzene rings is 1. The molecule has 21 heavy (non-hydrogen) atoms. The van der Waals surface area contributed by atoms with E-state index in [1.807, 2.05) is 6.07 Å². The summed E-state index contributed by atoms with van der Waals surface area (Å²) >= 11 is 0. The molecule has 0 unspecified atom stereocenters. The average molecular weight is 285 g/mol. The molecule has 0 bridgehead atoms. The molecule has 0 aliphatic heterocycles. The van der Waals surface area contributed by atoms with Gasteiger partial charge in [0.2, 0.25) is 0 Å². The lowest BCUT2D eigenvalue weighted by molar-refractivity contribution is 0.321. The maximum Gasteiger partial charge on any atom is 0.101 e. The zero-order valence-corrected chi connectivity index (χ0v) is 13.5. The highest BCUT2D eigenvalue weighted by atomic mass is 15.1. The van der Waals surface area contributed by atoms with Gasteiger partial charge >= 0.3 is 0 Å². The van der Waals surface area contributed by atoms with Crippen LogP contribution >= 0.6 is 0 Å². The SMILES string of the molecule is CC(C)CNCc1ccc(N(C)CC2CCC2)c(C#N)c1. The molecule has 1 saturated carbocycles. The van der Waals surface area contributed by atoms with Gasteiger partial charge in [-0.15, -0.1) is 0 Å². The third-order valence-corrected chi connectivity index (χ3v) is 4.23. The Labute approximate surface area is 129 Å². The Morgan fingerprint density at radius 2 is 2.14 bits per heavy atom. The molecular weight excluding hydrogens is 258 g/mol. The zero-order chi connectivity index (χ0) is 15.2. The van der Waals surface area contributed by atoms with E-state index in [1.54, 1.807) is 0 Å². The summed E-state index contributed by atoms with van der Waals surface area (Å²) in [6.07, 6.45) is 4.04. The van der Waals surface area contributed by atoms with Crippen molar-refractivity contribution in [2.24, 2.45) is 11.8 Å². The van der Waals surface area contributed by atoms with Crippen molar-refractivity contribution >= 4 is 5.69 Å². The maximum absolute atomic E-state index is 9.41. The van der Waals surface area contributed by atoms with E-state index in [2.05, 4.69) is 49.3 Å². The number of hydrogen-bond donors (Lipinski definition) is 1. The molecular formula is C18H27N3. The molecule has 0 saturated heterocycles. The largest absolute Gasteiger partial charge is 0.373 e. The smallest absolute Gasteiger partial charge is 0.101 e. The first-order valence-electron chi connectivity index (χ1n) is 8.05. The molecule has 1 aliphatic rings. The monoisotopic (exact) mass is 285 g/mol. The fourth-order valence-electron chi connectivity index (χ4n) is 2.78. The third-order valence-electron chi connectivity index (χ3n) is 4.23. The summed E-state index contributed by atoms with van der Waals surface area (Å²) in [5.74, 6) is 1.46. The minimum absolute atomic E-state index is 0.647. The van der Waals surface area contributed by atoms with Gasteiger partial charge in [0, 0.05) is 20.1 Å². The minimum atomic E-state index is 0.647. The van der Waals surface area contributed by atoms with Crippen molar-refractivity contribution in [2.75, 3.05) is 25.0 Å². The lowest BCUT2D eigenvalue weighted by Gasteiger charge is -2.31. The lowest BCUT2D eigenvalue weighted by atomic mass is 9.85. The van der Waals surface area contributed by atoms with Crippen molar-refractivity contribution in [1.82, 2.24) is 5.32 Å². The van der Waals surface area contributed by atoms with E-state index < -0.39 is 0 Å². The molecule has 1 N–H and O–H groups in total. The highest BCUT2D eigenvalue weighted by molar-refractivity contribution is 5.60. The molecule has 0 atom stereocenters. The van der Waals surface area contributed by atoms with Crippen molar-refractivity contribution in [1.29, 1.82) is 5.26 Å². The van der Waals surface area contributed by atoms with E-state index >= 15 is 0 Å². The van der Waals surface area contributed by atoms with E-state index in [4.69, 9.17) is 0 Å². The highest BCUT2D eigenvalue weighted by Crippen LogP contribution is 2.29. The van der Waals surface area contributed by atoms with Gasteiger partial charge < -0.3 is 10.2 Å². The Hall–Kier alpha value is -1.53. The Morgan fingerprint density at radius 3 is 2.71 bits per heavy atom. The molecule has 1 fully saturated rings. The summed E-state index contributed by atoms with van der Waals surface area (Å²) in [7, 11) is 2.10. The lowest BCUT2D eigenvalue weighted by Crippen LogP contribution is -2.29. The molecule has 1 aromatic rings. The first kappa shape index (κ1) is 15.9. The molecule has 0 aromatic heterocycles. The van der Waals surface area contributed by atoms with Gasteiger partial charge in [-0.05, 0) is 48.9 Å². The normalized spacial score (nSPS) is 14.8. The van der Waals surface area contributed by atoms with Crippen LogP contribution in [0.2, 0.25) is 0 Å². The molecule has 0 radical (unpaired) electrons. The number of hydrogen-bond acceptors (Lipinski definition) is 3. The van der Waals surface area contributed by atoms with E-state index in [1.165, 1.54) is 24.8 Å². The molecule has 3 heteroatoms. The van der Waals surface area contributed by atoms with Gasteiger partial charge in [0.05, 0.1) is 11.3 Å². The van der Waals surface area contributed by atoms with Crippen LogP contribution < -0.4 is 10.2 Å². The summed E-state index contributed by atoms with van der Waals surface area (Å²) in [5, 5.41) is 12.8. The van der Waals surface area contributed by atoms with E-state index in [0.29, 0.717) is 5.92 Å². The van der Waals surface area contributed by atoms with Gasteiger partial charge in [0.25, 0.3) is 0 Å². The molecule has 0 amide bonds. The minimum Gasteiger partial charge on any atom is -0.373 e. The molecule has 3 nitrogen and oxygen atoms in total. The number of anilines is 1. The van der Waals surface area contributed by atoms with Gasteiger partial charge in [-0.2, -0.15) is 5.26 Å². The second kappa shape index (κ2) is 7.47. The van der Waals surface area contributed by atoms with Crippen molar-refractivity contribution in [3.63, 3.8) is 0 Å². The number of nitrogens with zero attached hydrogens (tertiary/aromatic N) is 2. The fourth-order valence-corrected chi connectivity index (χ4v) is 2.78. The number of nitrogens with one attached hydrogen (secondary N) is 1. The predicted molar refractivity (Wildman–Crippen MR) is 88.3 cm³/mol. The number of rotatable bonds is 7. The first-order valence-corrected chi connectivity index (χ1v) is 8.05. The highest BCUT2D eigenvalue weighted by Gasteiger charge is 2.20. The number of nitriles is 1. The maximum atomic E-state index is 9.41. The van der Waals surface area contributed by atoms with Crippen molar-refractivity contribution in [3.8, 4) is 6.07 Å². The summed E-state index contributed by atoms with van der Waals surface area (Å²) < 4.78 is 0. The first-order chi connectivity index (χ1) is 10.1. The van der Waals surface area contributed by atoms with Gasteiger partial charge in [0.15, 0.2) is 0 Å². The molecule has 1 aromatic carbocycles. The van der Waals surface area contributed by atoms with Crippen molar-refractivity contribution < 1.29 is 0 Å². The Morgan fingerprint density at radius 1 is 1.38 bits per heavy atom. The van der Waals surface area contributed by atoms with Crippen LogP contribution in [0.25, 0.3) is 0 Å². The quantitative estimate of drug-likeness (QED) is 0.833. The van der Waals surface area contributed by atoms with Crippen LogP contribution in [-0.4, -0.2) is 20.1 Å². The van der Waals surface area contributed by atoms with Crippen molar-refractivity contribution in [3.05, 3.63) is 29.3 Å². The van der Waals surface area contributed by atoms with Gasteiger partial charge in [-0.3, -0.25) is 0 Å². The van der Waals surface area contributed by atoms with Crippen LogP contribution in [0.3, 0.4) is 0 Å². The van der Waals surface area contributed by atoms with Crippen LogP contribution in [0.1, 0.15) is 44.2 Å². The van der Waals surface area contributed by atoms with Crippen LogP contribution in [0, 0.1) is 23.2 Å². The summed E-state index contributed by atoms with van der Waals surface area (Å²) in [6, 6.07) is 8.62. The zero-order valence-electron chi connectivity index (χ0n) is 13.5. The molecule has 0 spiro atoms. The molecule has 1 aliphatic carbocycles. The predicted octanol–water partition coefficient (Wildman–Crippen LogP) is 3.54. The van der Waals surface area contributed by atoms with Crippen LogP contribution in [-0.2, 0) is 6.54 Å². The van der Waals surface area contributed by atoms with Gasteiger partial charge in [-0.1, -0.05) is 26.3 Å². The van der Waals surface area contributed by atoms with E-state index in [0.717, 1.165) is 36.8 Å². The Bertz CT molecular complexity index is 498. The standard InChI is InChI=1S/C18H27N3/c1-14(2)11-20-12-16-7-8-18(17(9-16)10-19)21(3)13-15-5-4-6-15/h7-9,14-15,20H,4-6,11-13H2,1-3H3. The second-order valence-corrected chi connectivity index (χ2v) is 6.67. The van der Waals surface area contributed by atoms with Crippen molar-refractivity contribution in [2.45, 2.75) is 39.7 Å². The third kappa shape index (κ3) is 4.47. The van der Waals surface area contributed by atoms with Crippen LogP contribution in [0.5, 0.6) is 0 Å². The average Bonchev–Trinajstić information content (AvgIpc) is 2.42. The summed E-state index contributed by atoms with van der Waals surface area (Å²) in [5.41, 5.74) is 3.05. The Balaban J connectivity index is 2.00. The van der Waals surface area contributed by atoms with Crippen LogP contribution in [0.4, 0.5) is 5.69 Å². The fraction of sp³-hybridized carbons (Fsp3) is 0.611. The molecule has 0 heterocycles. The Kier molecular flexibility index (Phi) is 5.64.